The maximum absolute atomic E-state index is 12.0. The van der Waals surface area contributed by atoms with Gasteiger partial charge in [-0.1, -0.05) is 12.1 Å². The molecule has 0 aliphatic carbocycles. The van der Waals surface area contributed by atoms with Crippen molar-refractivity contribution in [2.75, 3.05) is 14.1 Å². The number of hydrogen-bond acceptors (Lipinski definition) is 3. The Hall–Kier alpha value is -1.59. The van der Waals surface area contributed by atoms with Gasteiger partial charge in [0.15, 0.2) is 0 Å². The molecule has 0 bridgehead atoms. The number of hydrogen-bond donors (Lipinski definition) is 0. The van der Waals surface area contributed by atoms with E-state index in [2.05, 4.69) is 0 Å². The summed E-state index contributed by atoms with van der Waals surface area (Å²) < 4.78 is 30.7. The molecule has 2 aromatic rings. The second-order valence-corrected chi connectivity index (χ2v) is 6.38. The molecule has 0 unspecified atom stereocenters. The van der Waals surface area contributed by atoms with E-state index in [4.69, 9.17) is 4.42 Å². The average Bonchev–Trinajstić information content (AvgIpc) is 2.76. The van der Waals surface area contributed by atoms with Crippen molar-refractivity contribution in [1.82, 2.24) is 4.31 Å². The quantitative estimate of drug-likeness (QED) is 0.856. The van der Waals surface area contributed by atoms with E-state index in [9.17, 15) is 8.42 Å². The molecule has 0 spiro atoms. The van der Waals surface area contributed by atoms with Crippen LogP contribution in [0, 0.1) is 6.92 Å². The zero-order valence-corrected chi connectivity index (χ0v) is 11.4. The minimum absolute atomic E-state index is 0.263. The average molecular weight is 265 g/mol. The zero-order chi connectivity index (χ0) is 13.3. The van der Waals surface area contributed by atoms with Crippen molar-refractivity contribution >= 4 is 10.0 Å². The van der Waals surface area contributed by atoms with Crippen LogP contribution in [0.25, 0.3) is 11.3 Å². The molecule has 0 atom stereocenters. The van der Waals surface area contributed by atoms with Crippen LogP contribution >= 0.6 is 0 Å². The molecule has 0 aliphatic rings. The van der Waals surface area contributed by atoms with E-state index < -0.39 is 10.0 Å². The number of benzene rings is 1. The molecule has 1 aromatic heterocycles. The highest BCUT2D eigenvalue weighted by molar-refractivity contribution is 7.89. The number of aryl methyl sites for hydroxylation is 1. The third kappa shape index (κ3) is 2.32. The van der Waals surface area contributed by atoms with Gasteiger partial charge in [0.2, 0.25) is 10.0 Å². The van der Waals surface area contributed by atoms with Gasteiger partial charge in [-0.25, -0.2) is 12.7 Å². The van der Waals surface area contributed by atoms with E-state index in [-0.39, 0.29) is 4.90 Å². The molecule has 5 heteroatoms. The summed E-state index contributed by atoms with van der Waals surface area (Å²) in [6.45, 7) is 1.85. The van der Waals surface area contributed by atoms with Crippen LogP contribution in [0.5, 0.6) is 0 Å². The molecule has 0 aliphatic heterocycles. The fourth-order valence-electron chi connectivity index (χ4n) is 1.61. The van der Waals surface area contributed by atoms with Crippen LogP contribution < -0.4 is 0 Å². The largest absolute Gasteiger partial charge is 0.461 e. The Balaban J connectivity index is 2.49. The fraction of sp³-hybridized carbons (Fsp3) is 0.231. The lowest BCUT2D eigenvalue weighted by atomic mass is 10.2. The highest BCUT2D eigenvalue weighted by atomic mass is 32.2. The Kier molecular flexibility index (Phi) is 3.28. The van der Waals surface area contributed by atoms with Crippen molar-refractivity contribution in [1.29, 1.82) is 0 Å². The summed E-state index contributed by atoms with van der Waals surface area (Å²) in [7, 11) is -0.383. The summed E-state index contributed by atoms with van der Waals surface area (Å²) in [6.07, 6.45) is 0. The van der Waals surface area contributed by atoms with Crippen molar-refractivity contribution in [2.45, 2.75) is 11.8 Å². The summed E-state index contributed by atoms with van der Waals surface area (Å²) in [5, 5.41) is 0. The SMILES string of the molecule is Cc1ccc(-c2cccc(S(=O)(=O)N(C)C)c2)o1. The molecule has 0 fully saturated rings. The van der Waals surface area contributed by atoms with Crippen LogP contribution in [-0.2, 0) is 10.0 Å². The molecule has 1 heterocycles. The van der Waals surface area contributed by atoms with Crippen molar-refractivity contribution in [2.24, 2.45) is 0 Å². The Morgan fingerprint density at radius 1 is 1.11 bits per heavy atom. The van der Waals surface area contributed by atoms with Crippen LogP contribution in [0.4, 0.5) is 0 Å². The van der Waals surface area contributed by atoms with Crippen molar-refractivity contribution in [3.05, 3.63) is 42.2 Å². The number of rotatable bonds is 3. The van der Waals surface area contributed by atoms with E-state index in [1.54, 1.807) is 18.2 Å². The predicted molar refractivity (Wildman–Crippen MR) is 69.8 cm³/mol. The van der Waals surface area contributed by atoms with Gasteiger partial charge in [-0.15, -0.1) is 0 Å². The summed E-state index contributed by atoms with van der Waals surface area (Å²) in [5.41, 5.74) is 0.756. The standard InChI is InChI=1S/C13H15NO3S/c1-10-7-8-13(17-10)11-5-4-6-12(9-11)18(15,16)14(2)3/h4-9H,1-3H3. The Bertz CT molecular complexity index is 656. The molecular weight excluding hydrogens is 250 g/mol. The first kappa shape index (κ1) is 12.9. The summed E-state index contributed by atoms with van der Waals surface area (Å²) >= 11 is 0. The summed E-state index contributed by atoms with van der Waals surface area (Å²) in [5.74, 6) is 1.47. The first-order valence-electron chi connectivity index (χ1n) is 5.50. The first-order chi connectivity index (χ1) is 8.41. The summed E-state index contributed by atoms with van der Waals surface area (Å²) in [4.78, 5) is 0.263. The highest BCUT2D eigenvalue weighted by Crippen LogP contribution is 2.25. The van der Waals surface area contributed by atoms with E-state index in [0.29, 0.717) is 5.76 Å². The van der Waals surface area contributed by atoms with Crippen LogP contribution in [0.3, 0.4) is 0 Å². The lowest BCUT2D eigenvalue weighted by molar-refractivity contribution is 0.520. The van der Waals surface area contributed by atoms with Gasteiger partial charge in [0.1, 0.15) is 11.5 Å². The van der Waals surface area contributed by atoms with Crippen LogP contribution in [0.15, 0.2) is 45.7 Å². The molecule has 18 heavy (non-hydrogen) atoms. The third-order valence-electron chi connectivity index (χ3n) is 2.64. The van der Waals surface area contributed by atoms with Gasteiger partial charge in [-0.3, -0.25) is 0 Å². The van der Waals surface area contributed by atoms with Gasteiger partial charge in [-0.05, 0) is 31.2 Å². The molecule has 0 amide bonds. The molecule has 0 saturated heterocycles. The van der Waals surface area contributed by atoms with E-state index in [0.717, 1.165) is 11.3 Å². The number of furan rings is 1. The van der Waals surface area contributed by atoms with Gasteiger partial charge in [0.25, 0.3) is 0 Å². The number of nitrogens with zero attached hydrogens (tertiary/aromatic N) is 1. The van der Waals surface area contributed by atoms with Crippen molar-refractivity contribution in [3.8, 4) is 11.3 Å². The van der Waals surface area contributed by atoms with Crippen LogP contribution in [0.2, 0.25) is 0 Å². The minimum atomic E-state index is -3.41. The maximum atomic E-state index is 12.0. The van der Waals surface area contributed by atoms with Crippen LogP contribution in [-0.4, -0.2) is 26.8 Å². The molecular formula is C13H15NO3S. The Labute approximate surface area is 107 Å². The topological polar surface area (TPSA) is 50.5 Å². The molecule has 1 aromatic carbocycles. The second-order valence-electron chi connectivity index (χ2n) is 4.23. The molecule has 0 N–H and O–H groups in total. The molecule has 0 radical (unpaired) electrons. The first-order valence-corrected chi connectivity index (χ1v) is 6.94. The minimum Gasteiger partial charge on any atom is -0.461 e. The van der Waals surface area contributed by atoms with E-state index in [1.807, 2.05) is 25.1 Å². The van der Waals surface area contributed by atoms with Gasteiger partial charge in [0.05, 0.1) is 4.90 Å². The van der Waals surface area contributed by atoms with Gasteiger partial charge < -0.3 is 4.42 Å². The normalized spacial score (nSPS) is 12.0. The third-order valence-corrected chi connectivity index (χ3v) is 4.45. The van der Waals surface area contributed by atoms with Crippen molar-refractivity contribution < 1.29 is 12.8 Å². The summed E-state index contributed by atoms with van der Waals surface area (Å²) in [6, 6.07) is 10.4. The molecule has 96 valence electrons. The number of sulfonamides is 1. The Morgan fingerprint density at radius 2 is 1.83 bits per heavy atom. The monoisotopic (exact) mass is 265 g/mol. The van der Waals surface area contributed by atoms with Gasteiger partial charge >= 0.3 is 0 Å². The zero-order valence-electron chi connectivity index (χ0n) is 10.5. The van der Waals surface area contributed by atoms with Gasteiger partial charge in [0, 0.05) is 19.7 Å². The Morgan fingerprint density at radius 3 is 2.39 bits per heavy atom. The lowest BCUT2D eigenvalue weighted by Crippen LogP contribution is -2.22. The molecule has 4 nitrogen and oxygen atoms in total. The van der Waals surface area contributed by atoms with E-state index >= 15 is 0 Å². The van der Waals surface area contributed by atoms with E-state index in [1.165, 1.54) is 18.4 Å². The lowest BCUT2D eigenvalue weighted by Gasteiger charge is -2.11. The van der Waals surface area contributed by atoms with Gasteiger partial charge in [-0.2, -0.15) is 0 Å². The fourth-order valence-corrected chi connectivity index (χ4v) is 2.56. The van der Waals surface area contributed by atoms with Crippen molar-refractivity contribution in [3.63, 3.8) is 0 Å². The van der Waals surface area contributed by atoms with Crippen LogP contribution in [0.1, 0.15) is 5.76 Å². The highest BCUT2D eigenvalue weighted by Gasteiger charge is 2.17. The maximum Gasteiger partial charge on any atom is 0.242 e. The molecule has 2 rings (SSSR count). The predicted octanol–water partition coefficient (Wildman–Crippen LogP) is 2.51. The second kappa shape index (κ2) is 4.59. The smallest absolute Gasteiger partial charge is 0.242 e. The molecule has 0 saturated carbocycles.